The third-order valence-corrected chi connectivity index (χ3v) is 1.91. The maximum Gasteiger partial charge on any atom is 0.339 e. The van der Waals surface area contributed by atoms with Crippen molar-refractivity contribution in [2.45, 2.75) is 0 Å². The third kappa shape index (κ3) is 1.56. The highest BCUT2D eigenvalue weighted by molar-refractivity contribution is 5.92. The highest BCUT2D eigenvalue weighted by atomic mass is 16.5. The molecule has 0 aliphatic carbocycles. The van der Waals surface area contributed by atoms with E-state index in [1.165, 1.54) is 25.7 Å². The largest absolute Gasteiger partial charge is 0.465 e. The predicted molar refractivity (Wildman–Crippen MR) is 51.5 cm³/mol. The van der Waals surface area contributed by atoms with E-state index in [0.717, 1.165) is 0 Å². The quantitative estimate of drug-likeness (QED) is 0.667. The van der Waals surface area contributed by atoms with Gasteiger partial charge in [-0.1, -0.05) is 0 Å². The molecule has 2 aromatic rings. The monoisotopic (exact) mass is 205 g/mol. The summed E-state index contributed by atoms with van der Waals surface area (Å²) in [4.78, 5) is 32.7. The Balaban J connectivity index is 2.70. The number of nitrogens with zero attached hydrogens (tertiary/aromatic N) is 2. The summed E-state index contributed by atoms with van der Waals surface area (Å²) in [5.41, 5.74) is 0.188. The molecule has 0 bridgehead atoms. The smallest absolute Gasteiger partial charge is 0.339 e. The van der Waals surface area contributed by atoms with Gasteiger partial charge in [-0.05, 0) is 6.07 Å². The lowest BCUT2D eigenvalue weighted by Gasteiger charge is -1.99. The number of aromatic amines is 1. The first kappa shape index (κ1) is 9.32. The normalized spacial score (nSPS) is 10.2. The molecule has 0 atom stereocenters. The van der Waals surface area contributed by atoms with Gasteiger partial charge in [0.15, 0.2) is 5.65 Å². The first-order chi connectivity index (χ1) is 7.22. The molecule has 0 amide bonds. The van der Waals surface area contributed by atoms with Crippen LogP contribution in [0.4, 0.5) is 0 Å². The topological polar surface area (TPSA) is 84.9 Å². The summed E-state index contributed by atoms with van der Waals surface area (Å²) >= 11 is 0. The van der Waals surface area contributed by atoms with E-state index in [2.05, 4.69) is 19.7 Å². The molecule has 0 spiro atoms. The molecular weight excluding hydrogens is 198 g/mol. The predicted octanol–water partition coefficient (Wildman–Crippen LogP) is 0.105. The molecule has 2 aromatic heterocycles. The van der Waals surface area contributed by atoms with Gasteiger partial charge >= 0.3 is 5.97 Å². The number of rotatable bonds is 1. The molecule has 0 saturated heterocycles. The summed E-state index contributed by atoms with van der Waals surface area (Å²) in [6.45, 7) is 0. The number of hydrogen-bond acceptors (Lipinski definition) is 5. The summed E-state index contributed by atoms with van der Waals surface area (Å²) < 4.78 is 4.51. The van der Waals surface area contributed by atoms with Crippen molar-refractivity contribution in [3.63, 3.8) is 0 Å². The summed E-state index contributed by atoms with van der Waals surface area (Å²) in [7, 11) is 1.26. The van der Waals surface area contributed by atoms with Gasteiger partial charge in [0.25, 0.3) is 5.56 Å². The minimum Gasteiger partial charge on any atom is -0.465 e. The minimum atomic E-state index is -0.535. The molecule has 76 valence electrons. The lowest BCUT2D eigenvalue weighted by atomic mass is 10.2. The van der Waals surface area contributed by atoms with Gasteiger partial charge in [0.1, 0.15) is 0 Å². The highest BCUT2D eigenvalue weighted by Crippen LogP contribution is 2.06. The Morgan fingerprint density at radius 3 is 3.00 bits per heavy atom. The second-order valence-corrected chi connectivity index (χ2v) is 2.82. The molecule has 15 heavy (non-hydrogen) atoms. The molecule has 6 nitrogen and oxygen atoms in total. The molecule has 0 unspecified atom stereocenters. The number of esters is 1. The summed E-state index contributed by atoms with van der Waals surface area (Å²) in [5, 5.41) is 0.264. The average Bonchev–Trinajstić information content (AvgIpc) is 2.28. The number of nitrogens with one attached hydrogen (secondary N) is 1. The molecule has 2 rings (SSSR count). The van der Waals surface area contributed by atoms with Crippen LogP contribution in [0.5, 0.6) is 0 Å². The Labute approximate surface area is 83.9 Å². The van der Waals surface area contributed by atoms with Gasteiger partial charge in [-0.25, -0.2) is 14.8 Å². The van der Waals surface area contributed by atoms with Gasteiger partial charge in [0.2, 0.25) is 0 Å². The van der Waals surface area contributed by atoms with Crippen molar-refractivity contribution in [1.29, 1.82) is 0 Å². The Morgan fingerprint density at radius 2 is 2.27 bits per heavy atom. The number of methoxy groups -OCH3 is 1. The van der Waals surface area contributed by atoms with E-state index in [-0.39, 0.29) is 16.5 Å². The first-order valence-electron chi connectivity index (χ1n) is 4.14. The summed E-state index contributed by atoms with van der Waals surface area (Å²) in [6, 6.07) is 1.40. The maximum atomic E-state index is 11.4. The van der Waals surface area contributed by atoms with Crippen molar-refractivity contribution in [2.24, 2.45) is 0 Å². The van der Waals surface area contributed by atoms with Crippen LogP contribution in [0.1, 0.15) is 10.4 Å². The fourth-order valence-electron chi connectivity index (χ4n) is 1.19. The molecule has 0 fully saturated rings. The molecule has 0 aliphatic heterocycles. The van der Waals surface area contributed by atoms with Crippen LogP contribution >= 0.6 is 0 Å². The van der Waals surface area contributed by atoms with Crippen LogP contribution in [0.2, 0.25) is 0 Å². The van der Waals surface area contributed by atoms with Crippen molar-refractivity contribution in [3.8, 4) is 0 Å². The number of pyridine rings is 1. The van der Waals surface area contributed by atoms with E-state index in [1.54, 1.807) is 0 Å². The van der Waals surface area contributed by atoms with E-state index in [4.69, 9.17) is 0 Å². The number of hydrogen-bond donors (Lipinski definition) is 1. The summed E-state index contributed by atoms with van der Waals surface area (Å²) in [6.07, 6.45) is 2.58. The maximum absolute atomic E-state index is 11.4. The standard InChI is InChI=1S/C9H7N3O3/c1-15-9(14)5-2-6-7(10-3-5)11-4-12-8(6)13/h2-4H,1H3,(H,10,11,12,13). The zero-order valence-electron chi connectivity index (χ0n) is 7.85. The van der Waals surface area contributed by atoms with Crippen LogP contribution in [0.25, 0.3) is 11.0 Å². The van der Waals surface area contributed by atoms with Crippen molar-refractivity contribution < 1.29 is 9.53 Å². The van der Waals surface area contributed by atoms with Gasteiger partial charge in [-0.2, -0.15) is 0 Å². The van der Waals surface area contributed by atoms with Gasteiger partial charge in [0.05, 0.1) is 24.4 Å². The van der Waals surface area contributed by atoms with Crippen molar-refractivity contribution in [2.75, 3.05) is 7.11 Å². The number of ether oxygens (including phenoxy) is 1. The number of carbonyl (C=O) groups excluding carboxylic acids is 1. The van der Waals surface area contributed by atoms with Gasteiger partial charge in [0, 0.05) is 6.20 Å². The SMILES string of the molecule is COC(=O)c1cnc2nc[nH]c(=O)c2c1. The number of fused-ring (bicyclic) bond motifs is 1. The second kappa shape index (κ2) is 3.49. The van der Waals surface area contributed by atoms with Crippen LogP contribution in [-0.2, 0) is 4.74 Å². The zero-order chi connectivity index (χ0) is 10.8. The number of aromatic nitrogens is 3. The van der Waals surface area contributed by atoms with Gasteiger partial charge in [-0.15, -0.1) is 0 Å². The molecule has 6 heteroatoms. The van der Waals surface area contributed by atoms with E-state index in [0.29, 0.717) is 5.65 Å². The zero-order valence-corrected chi connectivity index (χ0v) is 7.85. The van der Waals surface area contributed by atoms with Crippen LogP contribution in [-0.4, -0.2) is 28.0 Å². The number of H-pyrrole nitrogens is 1. The van der Waals surface area contributed by atoms with Crippen LogP contribution < -0.4 is 5.56 Å². The molecule has 0 saturated carbocycles. The molecule has 0 aromatic carbocycles. The molecule has 0 radical (unpaired) electrons. The lowest BCUT2D eigenvalue weighted by molar-refractivity contribution is 0.0600. The Kier molecular flexibility index (Phi) is 2.17. The van der Waals surface area contributed by atoms with Crippen molar-refractivity contribution >= 4 is 17.0 Å². The molecule has 2 heterocycles. The lowest BCUT2D eigenvalue weighted by Crippen LogP contribution is -2.09. The molecule has 0 aliphatic rings. The second-order valence-electron chi connectivity index (χ2n) is 2.82. The molecule has 1 N–H and O–H groups in total. The fourth-order valence-corrected chi connectivity index (χ4v) is 1.19. The Hall–Kier alpha value is -2.24. The first-order valence-corrected chi connectivity index (χ1v) is 4.14. The Bertz CT molecular complexity index is 576. The van der Waals surface area contributed by atoms with Crippen LogP contribution in [0.3, 0.4) is 0 Å². The van der Waals surface area contributed by atoms with E-state index >= 15 is 0 Å². The van der Waals surface area contributed by atoms with Gasteiger partial charge < -0.3 is 9.72 Å². The van der Waals surface area contributed by atoms with Crippen LogP contribution in [0.15, 0.2) is 23.4 Å². The highest BCUT2D eigenvalue weighted by Gasteiger charge is 2.08. The average molecular weight is 205 g/mol. The fraction of sp³-hybridized carbons (Fsp3) is 0.111. The Morgan fingerprint density at radius 1 is 1.47 bits per heavy atom. The minimum absolute atomic E-state index is 0.225. The van der Waals surface area contributed by atoms with Gasteiger partial charge in [-0.3, -0.25) is 4.79 Å². The summed E-state index contributed by atoms with van der Waals surface area (Å²) in [5.74, 6) is -0.535. The number of carbonyl (C=O) groups is 1. The van der Waals surface area contributed by atoms with Crippen molar-refractivity contribution in [1.82, 2.24) is 15.0 Å². The van der Waals surface area contributed by atoms with E-state index in [9.17, 15) is 9.59 Å². The third-order valence-electron chi connectivity index (χ3n) is 1.91. The van der Waals surface area contributed by atoms with E-state index < -0.39 is 5.97 Å². The van der Waals surface area contributed by atoms with Crippen molar-refractivity contribution in [3.05, 3.63) is 34.5 Å². The van der Waals surface area contributed by atoms with Crippen LogP contribution in [0, 0.1) is 0 Å². The molecular formula is C9H7N3O3. The van der Waals surface area contributed by atoms with E-state index in [1.807, 2.05) is 0 Å².